The smallest absolute Gasteiger partial charge is 0.157 e. The first kappa shape index (κ1) is 17.9. The lowest BCUT2D eigenvalue weighted by Crippen LogP contribution is -2.40. The second-order valence-electron chi connectivity index (χ2n) is 7.05. The highest BCUT2D eigenvalue weighted by Gasteiger charge is 2.31. The molecule has 1 aliphatic carbocycles. The Bertz CT molecular complexity index is 249. The molecule has 0 radical (unpaired) electrons. The van der Waals surface area contributed by atoms with Crippen LogP contribution in [0.5, 0.6) is 0 Å². The molecule has 2 atom stereocenters. The second kappa shape index (κ2) is 9.01. The molecule has 0 bridgehead atoms. The minimum absolute atomic E-state index is 0.0199. The van der Waals surface area contributed by atoms with E-state index < -0.39 is 0 Å². The standard InChI is InChI=1S/C17H35NO2/c1-6-19-16(20-7-2)9-8-10-18-15-11-14(3)12-17(4,5)13-15/h14-16,18H,6-13H2,1-5H3. The molecule has 0 spiro atoms. The molecule has 3 heteroatoms. The zero-order chi connectivity index (χ0) is 15.0. The number of hydrogen-bond acceptors (Lipinski definition) is 3. The molecule has 0 heterocycles. The van der Waals surface area contributed by atoms with Crippen molar-refractivity contribution in [2.24, 2.45) is 11.3 Å². The Kier molecular flexibility index (Phi) is 8.08. The fourth-order valence-electron chi connectivity index (χ4n) is 3.66. The Morgan fingerprint density at radius 3 is 2.35 bits per heavy atom. The van der Waals surface area contributed by atoms with Gasteiger partial charge in [0, 0.05) is 19.3 Å². The summed E-state index contributed by atoms with van der Waals surface area (Å²) < 4.78 is 11.1. The van der Waals surface area contributed by atoms with Crippen molar-refractivity contribution >= 4 is 0 Å². The van der Waals surface area contributed by atoms with Crippen LogP contribution in [-0.2, 0) is 9.47 Å². The molecule has 0 aliphatic heterocycles. The lowest BCUT2D eigenvalue weighted by molar-refractivity contribution is -0.140. The van der Waals surface area contributed by atoms with Gasteiger partial charge in [0.05, 0.1) is 0 Å². The summed E-state index contributed by atoms with van der Waals surface area (Å²) in [5.41, 5.74) is 0.495. The third-order valence-electron chi connectivity index (χ3n) is 4.14. The summed E-state index contributed by atoms with van der Waals surface area (Å²) in [4.78, 5) is 0. The second-order valence-corrected chi connectivity index (χ2v) is 7.05. The molecule has 0 saturated heterocycles. The van der Waals surface area contributed by atoms with Crippen LogP contribution >= 0.6 is 0 Å². The van der Waals surface area contributed by atoms with Crippen LogP contribution in [0.25, 0.3) is 0 Å². The predicted molar refractivity (Wildman–Crippen MR) is 84.9 cm³/mol. The molecule has 0 aromatic carbocycles. The number of ether oxygens (including phenoxy) is 2. The number of hydrogen-bond donors (Lipinski definition) is 1. The zero-order valence-electron chi connectivity index (χ0n) is 14.2. The van der Waals surface area contributed by atoms with Gasteiger partial charge in [-0.3, -0.25) is 0 Å². The number of rotatable bonds is 9. The van der Waals surface area contributed by atoms with Gasteiger partial charge in [-0.15, -0.1) is 0 Å². The fourth-order valence-corrected chi connectivity index (χ4v) is 3.66. The third kappa shape index (κ3) is 7.05. The van der Waals surface area contributed by atoms with Crippen LogP contribution in [0, 0.1) is 11.3 Å². The minimum Gasteiger partial charge on any atom is -0.353 e. The van der Waals surface area contributed by atoms with Crippen LogP contribution in [-0.4, -0.2) is 32.1 Å². The molecule has 0 aromatic heterocycles. The summed E-state index contributed by atoms with van der Waals surface area (Å²) in [6.45, 7) is 13.8. The van der Waals surface area contributed by atoms with Crippen LogP contribution < -0.4 is 5.32 Å². The van der Waals surface area contributed by atoms with Gasteiger partial charge in [0.25, 0.3) is 0 Å². The first-order chi connectivity index (χ1) is 9.46. The SMILES string of the molecule is CCOC(CCCNC1CC(C)CC(C)(C)C1)OCC. The maximum absolute atomic E-state index is 5.57. The van der Waals surface area contributed by atoms with Gasteiger partial charge in [0.2, 0.25) is 0 Å². The number of nitrogens with one attached hydrogen (secondary N) is 1. The van der Waals surface area contributed by atoms with Crippen molar-refractivity contribution in [3.8, 4) is 0 Å². The van der Waals surface area contributed by atoms with Gasteiger partial charge < -0.3 is 14.8 Å². The van der Waals surface area contributed by atoms with E-state index in [1.807, 2.05) is 13.8 Å². The predicted octanol–water partition coefficient (Wildman–Crippen LogP) is 3.97. The molecule has 20 heavy (non-hydrogen) atoms. The molecule has 0 amide bonds. The van der Waals surface area contributed by atoms with Crippen molar-refractivity contribution in [3.63, 3.8) is 0 Å². The first-order valence-electron chi connectivity index (χ1n) is 8.43. The molecule has 120 valence electrons. The minimum atomic E-state index is -0.0199. The van der Waals surface area contributed by atoms with E-state index in [0.29, 0.717) is 11.5 Å². The van der Waals surface area contributed by atoms with Gasteiger partial charge in [-0.05, 0) is 63.8 Å². The summed E-state index contributed by atoms with van der Waals surface area (Å²) in [6.07, 6.45) is 6.08. The Labute approximate surface area is 125 Å². The third-order valence-corrected chi connectivity index (χ3v) is 4.14. The zero-order valence-corrected chi connectivity index (χ0v) is 14.2. The average molecular weight is 285 g/mol. The van der Waals surface area contributed by atoms with E-state index in [9.17, 15) is 0 Å². The Balaban J connectivity index is 2.19. The maximum atomic E-state index is 5.57. The molecule has 1 fully saturated rings. The summed E-state index contributed by atoms with van der Waals surface area (Å²) >= 11 is 0. The van der Waals surface area contributed by atoms with E-state index in [1.165, 1.54) is 19.3 Å². The van der Waals surface area contributed by atoms with Crippen LogP contribution in [0.3, 0.4) is 0 Å². The Morgan fingerprint density at radius 1 is 1.15 bits per heavy atom. The largest absolute Gasteiger partial charge is 0.353 e. The van der Waals surface area contributed by atoms with Gasteiger partial charge in [0.15, 0.2) is 6.29 Å². The Morgan fingerprint density at radius 2 is 1.80 bits per heavy atom. The summed E-state index contributed by atoms with van der Waals surface area (Å²) in [7, 11) is 0. The van der Waals surface area contributed by atoms with Crippen molar-refractivity contribution < 1.29 is 9.47 Å². The van der Waals surface area contributed by atoms with Gasteiger partial charge in [-0.2, -0.15) is 0 Å². The van der Waals surface area contributed by atoms with Crippen molar-refractivity contribution in [1.82, 2.24) is 5.32 Å². The molecule has 1 N–H and O–H groups in total. The molecular weight excluding hydrogens is 250 g/mol. The van der Waals surface area contributed by atoms with Gasteiger partial charge in [-0.25, -0.2) is 0 Å². The van der Waals surface area contributed by atoms with E-state index in [1.54, 1.807) is 0 Å². The highest BCUT2D eigenvalue weighted by molar-refractivity contribution is 4.86. The fraction of sp³-hybridized carbons (Fsp3) is 1.00. The summed E-state index contributed by atoms with van der Waals surface area (Å²) in [5, 5.41) is 3.74. The molecule has 1 aliphatic rings. The van der Waals surface area contributed by atoms with Crippen molar-refractivity contribution in [1.29, 1.82) is 0 Å². The van der Waals surface area contributed by atoms with Crippen molar-refractivity contribution in [3.05, 3.63) is 0 Å². The lowest BCUT2D eigenvalue weighted by Gasteiger charge is -2.39. The Hall–Kier alpha value is -0.120. The van der Waals surface area contributed by atoms with E-state index in [4.69, 9.17) is 9.47 Å². The topological polar surface area (TPSA) is 30.5 Å². The molecular formula is C17H35NO2. The molecule has 3 nitrogen and oxygen atoms in total. The first-order valence-corrected chi connectivity index (χ1v) is 8.43. The lowest BCUT2D eigenvalue weighted by atomic mass is 9.70. The molecule has 2 unspecified atom stereocenters. The van der Waals surface area contributed by atoms with Crippen LogP contribution in [0.2, 0.25) is 0 Å². The summed E-state index contributed by atoms with van der Waals surface area (Å²) in [5.74, 6) is 0.843. The van der Waals surface area contributed by atoms with Gasteiger partial charge in [0.1, 0.15) is 0 Å². The van der Waals surface area contributed by atoms with Crippen LogP contribution in [0.4, 0.5) is 0 Å². The summed E-state index contributed by atoms with van der Waals surface area (Å²) in [6, 6.07) is 0.686. The molecule has 0 aromatic rings. The van der Waals surface area contributed by atoms with E-state index in [-0.39, 0.29) is 6.29 Å². The van der Waals surface area contributed by atoms with E-state index in [2.05, 4.69) is 26.1 Å². The van der Waals surface area contributed by atoms with E-state index in [0.717, 1.165) is 38.5 Å². The molecule has 1 saturated carbocycles. The van der Waals surface area contributed by atoms with E-state index >= 15 is 0 Å². The average Bonchev–Trinajstić information content (AvgIpc) is 2.32. The van der Waals surface area contributed by atoms with Crippen molar-refractivity contribution in [2.45, 2.75) is 79.1 Å². The van der Waals surface area contributed by atoms with Crippen LogP contribution in [0.15, 0.2) is 0 Å². The highest BCUT2D eigenvalue weighted by atomic mass is 16.7. The highest BCUT2D eigenvalue weighted by Crippen LogP contribution is 2.38. The monoisotopic (exact) mass is 285 g/mol. The molecule has 1 rings (SSSR count). The van der Waals surface area contributed by atoms with Crippen molar-refractivity contribution in [2.75, 3.05) is 19.8 Å². The maximum Gasteiger partial charge on any atom is 0.157 e. The normalized spacial score (nSPS) is 26.1. The van der Waals surface area contributed by atoms with Crippen LogP contribution in [0.1, 0.15) is 66.7 Å². The van der Waals surface area contributed by atoms with Gasteiger partial charge in [-0.1, -0.05) is 20.8 Å². The van der Waals surface area contributed by atoms with Gasteiger partial charge >= 0.3 is 0 Å². The quantitative estimate of drug-likeness (QED) is 0.513.